The van der Waals surface area contributed by atoms with E-state index in [1.807, 2.05) is 12.3 Å². The molecule has 0 spiro atoms. The zero-order valence-corrected chi connectivity index (χ0v) is 17.3. The lowest BCUT2D eigenvalue weighted by Crippen LogP contribution is -2.51. The van der Waals surface area contributed by atoms with Crippen LogP contribution in [0.3, 0.4) is 0 Å². The number of rotatable bonds is 3. The third kappa shape index (κ3) is 2.75. The van der Waals surface area contributed by atoms with Crippen LogP contribution in [-0.4, -0.2) is 25.9 Å². The van der Waals surface area contributed by atoms with Gasteiger partial charge in [-0.05, 0) is 74.7 Å². The fraction of sp³-hybridized carbons (Fsp3) is 0.708. The predicted molar refractivity (Wildman–Crippen MR) is 109 cm³/mol. The van der Waals surface area contributed by atoms with Crippen LogP contribution in [0.5, 0.6) is 0 Å². The molecule has 5 heteroatoms. The number of hydrogen-bond acceptors (Lipinski definition) is 4. The molecule has 0 aromatic carbocycles. The van der Waals surface area contributed by atoms with Gasteiger partial charge in [0.2, 0.25) is 0 Å². The summed E-state index contributed by atoms with van der Waals surface area (Å²) in [4.78, 5) is 11.9. The maximum atomic E-state index is 11.9. The van der Waals surface area contributed by atoms with Crippen molar-refractivity contribution in [2.45, 2.75) is 76.9 Å². The number of hydrogen-bond donors (Lipinski definition) is 1. The van der Waals surface area contributed by atoms with Crippen LogP contribution in [0, 0.1) is 41.4 Å². The van der Waals surface area contributed by atoms with Crippen LogP contribution in [0.1, 0.15) is 70.4 Å². The molecule has 0 aliphatic heterocycles. The summed E-state index contributed by atoms with van der Waals surface area (Å²) < 4.78 is 1.77. The minimum Gasteiger partial charge on any atom is -0.383 e. The van der Waals surface area contributed by atoms with E-state index in [1.54, 1.807) is 4.68 Å². The molecule has 1 N–H and O–H groups in total. The first-order valence-electron chi connectivity index (χ1n) is 11.3. The number of nitrogens with zero attached hydrogens (tertiary/aromatic N) is 3. The fourth-order valence-corrected chi connectivity index (χ4v) is 7.39. The molecule has 0 amide bonds. The number of ketones is 1. The molecule has 154 valence electrons. The quantitative estimate of drug-likeness (QED) is 0.796. The minimum atomic E-state index is -0.907. The van der Waals surface area contributed by atoms with Crippen LogP contribution < -0.4 is 0 Å². The Morgan fingerprint density at radius 2 is 2.10 bits per heavy atom. The topological polar surface area (TPSA) is 68.0 Å². The van der Waals surface area contributed by atoms with E-state index in [1.165, 1.54) is 5.57 Å². The Kier molecular flexibility index (Phi) is 4.47. The van der Waals surface area contributed by atoms with E-state index in [-0.39, 0.29) is 5.41 Å². The van der Waals surface area contributed by atoms with Gasteiger partial charge in [0, 0.05) is 18.3 Å². The first-order valence-corrected chi connectivity index (χ1v) is 11.3. The Balaban J connectivity index is 1.42. The molecular formula is C24H31N3O2. The second-order valence-corrected chi connectivity index (χ2v) is 9.98. The van der Waals surface area contributed by atoms with Gasteiger partial charge < -0.3 is 5.11 Å². The van der Waals surface area contributed by atoms with Gasteiger partial charge in [0.05, 0.1) is 12.7 Å². The zero-order valence-electron chi connectivity index (χ0n) is 17.3. The largest absolute Gasteiger partial charge is 0.383 e. The summed E-state index contributed by atoms with van der Waals surface area (Å²) in [6, 6.07) is 0. The maximum Gasteiger partial charge on any atom is 0.155 e. The molecule has 4 aliphatic rings. The van der Waals surface area contributed by atoms with Gasteiger partial charge in [0.25, 0.3) is 0 Å². The maximum absolute atomic E-state index is 11.9. The van der Waals surface area contributed by atoms with Crippen LogP contribution in [0.2, 0.25) is 0 Å². The number of carbonyl (C=O) groups excluding carboxylic acids is 1. The summed E-state index contributed by atoms with van der Waals surface area (Å²) in [6.45, 7) is 2.93. The highest BCUT2D eigenvalue weighted by Gasteiger charge is 2.63. The van der Waals surface area contributed by atoms with Crippen LogP contribution in [0.4, 0.5) is 0 Å². The third-order valence-corrected chi connectivity index (χ3v) is 8.90. The summed E-state index contributed by atoms with van der Waals surface area (Å²) in [5.41, 5.74) is 1.07. The summed E-state index contributed by atoms with van der Waals surface area (Å²) in [6.07, 6.45) is 17.8. The van der Waals surface area contributed by atoms with Gasteiger partial charge in [0.15, 0.2) is 5.78 Å². The number of aryl methyl sites for hydroxylation is 1. The summed E-state index contributed by atoms with van der Waals surface area (Å²) >= 11 is 0. The van der Waals surface area contributed by atoms with Gasteiger partial charge in [-0.1, -0.05) is 17.7 Å². The smallest absolute Gasteiger partial charge is 0.155 e. The highest BCUT2D eigenvalue weighted by Crippen LogP contribution is 2.67. The zero-order chi connectivity index (χ0) is 20.2. The van der Waals surface area contributed by atoms with Crippen molar-refractivity contribution in [3.8, 4) is 12.3 Å². The molecule has 5 rings (SSSR count). The van der Waals surface area contributed by atoms with Crippen LogP contribution >= 0.6 is 0 Å². The van der Waals surface area contributed by atoms with Crippen molar-refractivity contribution >= 4 is 5.78 Å². The lowest BCUT2D eigenvalue weighted by Gasteiger charge is -2.55. The SMILES string of the molecule is C#CCCn1cc([C@]2(O)CCC3C4CCC5=CC(=O)CCC5C4CC[C@@]32C)nn1. The molecule has 4 aliphatic carbocycles. The second-order valence-electron chi connectivity index (χ2n) is 9.98. The van der Waals surface area contributed by atoms with Gasteiger partial charge in [-0.15, -0.1) is 17.4 Å². The molecule has 3 saturated carbocycles. The summed E-state index contributed by atoms with van der Waals surface area (Å²) in [7, 11) is 0. The summed E-state index contributed by atoms with van der Waals surface area (Å²) in [5.74, 6) is 5.39. The van der Waals surface area contributed by atoms with Crippen molar-refractivity contribution in [1.29, 1.82) is 0 Å². The highest BCUT2D eigenvalue weighted by atomic mass is 16.3. The Labute approximate surface area is 172 Å². The van der Waals surface area contributed by atoms with Crippen molar-refractivity contribution in [2.75, 3.05) is 0 Å². The average Bonchev–Trinajstić information content (AvgIpc) is 3.29. The number of fused-ring (bicyclic) bond motifs is 5. The molecule has 5 nitrogen and oxygen atoms in total. The lowest BCUT2D eigenvalue weighted by molar-refractivity contribution is -0.126. The standard InChI is InChI=1S/C24H31N3O2/c1-3-4-13-27-15-22(25-26-27)24(29)12-10-21-20-7-5-16-14-17(28)6-8-18(16)19(20)9-11-23(21,24)2/h1,14-15,18-21,29H,4-13H2,2H3/t18?,19?,20?,21?,23-,24+/m0/s1. The van der Waals surface area contributed by atoms with Gasteiger partial charge in [-0.3, -0.25) is 9.48 Å². The molecule has 1 heterocycles. The van der Waals surface area contributed by atoms with E-state index in [4.69, 9.17) is 6.42 Å². The Morgan fingerprint density at radius 3 is 2.93 bits per heavy atom. The van der Waals surface area contributed by atoms with Gasteiger partial charge in [0.1, 0.15) is 11.3 Å². The molecule has 1 aromatic rings. The monoisotopic (exact) mass is 393 g/mol. The van der Waals surface area contributed by atoms with E-state index in [0.29, 0.717) is 48.8 Å². The van der Waals surface area contributed by atoms with Crippen LogP contribution in [0.25, 0.3) is 0 Å². The molecule has 4 unspecified atom stereocenters. The summed E-state index contributed by atoms with van der Waals surface area (Å²) in [5, 5.41) is 20.5. The van der Waals surface area contributed by atoms with Crippen molar-refractivity contribution < 1.29 is 9.90 Å². The van der Waals surface area contributed by atoms with E-state index in [2.05, 4.69) is 23.2 Å². The number of carbonyl (C=O) groups is 1. The molecule has 0 radical (unpaired) electrons. The first kappa shape index (κ1) is 19.1. The minimum absolute atomic E-state index is 0.160. The Bertz CT molecular complexity index is 896. The molecular weight excluding hydrogens is 362 g/mol. The van der Waals surface area contributed by atoms with Crippen molar-refractivity contribution in [3.05, 3.63) is 23.5 Å². The highest BCUT2D eigenvalue weighted by molar-refractivity contribution is 5.91. The Hall–Kier alpha value is -1.93. The van der Waals surface area contributed by atoms with Crippen molar-refractivity contribution in [2.24, 2.45) is 29.1 Å². The van der Waals surface area contributed by atoms with Crippen LogP contribution in [-0.2, 0) is 16.9 Å². The van der Waals surface area contributed by atoms with E-state index in [0.717, 1.165) is 50.6 Å². The molecule has 1 aromatic heterocycles. The van der Waals surface area contributed by atoms with Crippen molar-refractivity contribution in [3.63, 3.8) is 0 Å². The van der Waals surface area contributed by atoms with E-state index < -0.39 is 5.60 Å². The normalized spacial score (nSPS) is 41.1. The number of aromatic nitrogens is 3. The predicted octanol–water partition coefficient (Wildman–Crippen LogP) is 3.63. The lowest BCUT2D eigenvalue weighted by atomic mass is 9.50. The number of aliphatic hydroxyl groups is 1. The van der Waals surface area contributed by atoms with Gasteiger partial charge >= 0.3 is 0 Å². The van der Waals surface area contributed by atoms with Gasteiger partial charge in [-0.25, -0.2) is 0 Å². The first-order chi connectivity index (χ1) is 14.0. The van der Waals surface area contributed by atoms with Crippen molar-refractivity contribution in [1.82, 2.24) is 15.0 Å². The molecule has 0 bridgehead atoms. The van der Waals surface area contributed by atoms with Gasteiger partial charge in [-0.2, -0.15) is 0 Å². The molecule has 6 atom stereocenters. The average molecular weight is 394 g/mol. The van der Waals surface area contributed by atoms with Crippen LogP contribution in [0.15, 0.2) is 17.8 Å². The second kappa shape index (κ2) is 6.80. The van der Waals surface area contributed by atoms with E-state index in [9.17, 15) is 9.90 Å². The third-order valence-electron chi connectivity index (χ3n) is 8.90. The fourth-order valence-electron chi connectivity index (χ4n) is 7.39. The molecule has 0 saturated heterocycles. The Morgan fingerprint density at radius 1 is 1.24 bits per heavy atom. The number of terminal acetylenes is 1. The van der Waals surface area contributed by atoms with E-state index >= 15 is 0 Å². The molecule has 29 heavy (non-hydrogen) atoms. The number of allylic oxidation sites excluding steroid dienone is 1. The molecule has 3 fully saturated rings.